The fraction of sp³-hybridized carbons (Fsp3) is 0.727. The molecule has 6 N–H and O–H groups in total. The lowest BCUT2D eigenvalue weighted by Gasteiger charge is -2.16. The van der Waals surface area contributed by atoms with E-state index in [0.29, 0.717) is 32.6 Å². The van der Waals surface area contributed by atoms with Gasteiger partial charge in [0, 0.05) is 52.1 Å². The second-order valence-electron chi connectivity index (χ2n) is 3.92. The number of hydrogen-bond acceptors (Lipinski definition) is 5. The molecule has 0 aromatic rings. The number of nitrogens with two attached hydrogens (primary N) is 2. The van der Waals surface area contributed by atoms with Crippen molar-refractivity contribution in [3.63, 3.8) is 0 Å². The van der Waals surface area contributed by atoms with Crippen LogP contribution in [0.15, 0.2) is 0 Å². The summed E-state index contributed by atoms with van der Waals surface area (Å²) < 4.78 is 0. The number of amides is 3. The highest BCUT2D eigenvalue weighted by atomic mass is 16.2. The van der Waals surface area contributed by atoms with Crippen LogP contribution in [0.4, 0.5) is 0 Å². The Morgan fingerprint density at radius 1 is 0.947 bits per heavy atom. The summed E-state index contributed by atoms with van der Waals surface area (Å²) in [5, 5.41) is 5.21. The summed E-state index contributed by atoms with van der Waals surface area (Å²) in [5.41, 5.74) is 10.5. The molecule has 0 aliphatic heterocycles. The number of nitrogens with zero attached hydrogens (tertiary/aromatic N) is 1. The molecular weight excluding hydrogens is 250 g/mol. The first-order valence-electron chi connectivity index (χ1n) is 6.27. The minimum atomic E-state index is -0.162. The standard InChI is InChI=1S/C11H23N5O3/c12-3-5-14-10(18)1-7-16(9-17)8-2-11(19)15-6-4-13/h9H,1-8,12-13H2,(H,14,18)(H,15,19). The quantitative estimate of drug-likeness (QED) is 0.306. The van der Waals surface area contributed by atoms with Crippen LogP contribution in [0.3, 0.4) is 0 Å². The average molecular weight is 273 g/mol. The van der Waals surface area contributed by atoms with Crippen molar-refractivity contribution in [1.82, 2.24) is 15.5 Å². The molecule has 110 valence electrons. The molecule has 19 heavy (non-hydrogen) atoms. The summed E-state index contributed by atoms with van der Waals surface area (Å²) >= 11 is 0. The van der Waals surface area contributed by atoms with E-state index >= 15 is 0 Å². The highest BCUT2D eigenvalue weighted by Gasteiger charge is 2.08. The smallest absolute Gasteiger partial charge is 0.221 e. The largest absolute Gasteiger partial charge is 0.355 e. The van der Waals surface area contributed by atoms with E-state index in [4.69, 9.17) is 11.5 Å². The summed E-state index contributed by atoms with van der Waals surface area (Å²) in [6.45, 7) is 2.16. The monoisotopic (exact) mass is 273 g/mol. The molecule has 0 aromatic carbocycles. The summed E-state index contributed by atoms with van der Waals surface area (Å²) in [6.07, 6.45) is 1.03. The molecule has 0 atom stereocenters. The maximum atomic E-state index is 11.3. The normalized spacial score (nSPS) is 9.79. The summed E-state index contributed by atoms with van der Waals surface area (Å²) in [4.78, 5) is 34.8. The molecule has 8 nitrogen and oxygen atoms in total. The van der Waals surface area contributed by atoms with E-state index in [0.717, 1.165) is 0 Å². The fourth-order valence-electron chi connectivity index (χ4n) is 1.31. The third-order valence-electron chi connectivity index (χ3n) is 2.33. The zero-order chi connectivity index (χ0) is 14.5. The predicted octanol–water partition coefficient (Wildman–Crippen LogP) is -2.63. The van der Waals surface area contributed by atoms with Crippen molar-refractivity contribution in [2.45, 2.75) is 12.8 Å². The third kappa shape index (κ3) is 9.98. The Hall–Kier alpha value is -1.67. The minimum Gasteiger partial charge on any atom is -0.355 e. The van der Waals surface area contributed by atoms with E-state index < -0.39 is 0 Å². The van der Waals surface area contributed by atoms with E-state index in [1.807, 2.05) is 0 Å². The Bertz CT molecular complexity index is 262. The SMILES string of the molecule is NCCNC(=O)CCN(C=O)CCC(=O)NCCN. The molecule has 0 aliphatic rings. The van der Waals surface area contributed by atoms with Gasteiger partial charge >= 0.3 is 0 Å². The zero-order valence-corrected chi connectivity index (χ0v) is 11.1. The molecule has 0 heterocycles. The van der Waals surface area contributed by atoms with Crippen molar-refractivity contribution in [2.24, 2.45) is 11.5 Å². The van der Waals surface area contributed by atoms with Gasteiger partial charge in [-0.15, -0.1) is 0 Å². The molecule has 0 aromatic heterocycles. The number of nitrogens with one attached hydrogen (secondary N) is 2. The van der Waals surface area contributed by atoms with E-state index in [1.165, 1.54) is 4.90 Å². The van der Waals surface area contributed by atoms with Crippen molar-refractivity contribution in [3.8, 4) is 0 Å². The topological polar surface area (TPSA) is 131 Å². The predicted molar refractivity (Wildman–Crippen MR) is 71.0 cm³/mol. The Labute approximate surface area is 112 Å². The molecule has 0 aliphatic carbocycles. The summed E-state index contributed by atoms with van der Waals surface area (Å²) in [7, 11) is 0. The first-order chi connectivity index (χ1) is 9.13. The van der Waals surface area contributed by atoms with Gasteiger partial charge in [-0.1, -0.05) is 0 Å². The van der Waals surface area contributed by atoms with Gasteiger partial charge in [-0.2, -0.15) is 0 Å². The molecule has 0 fully saturated rings. The van der Waals surface area contributed by atoms with Gasteiger partial charge in [0.15, 0.2) is 0 Å². The van der Waals surface area contributed by atoms with Crippen LogP contribution in [0.25, 0.3) is 0 Å². The van der Waals surface area contributed by atoms with E-state index in [-0.39, 0.29) is 37.7 Å². The molecule has 3 amide bonds. The van der Waals surface area contributed by atoms with Crippen molar-refractivity contribution < 1.29 is 14.4 Å². The van der Waals surface area contributed by atoms with Crippen LogP contribution in [0.5, 0.6) is 0 Å². The fourth-order valence-corrected chi connectivity index (χ4v) is 1.31. The van der Waals surface area contributed by atoms with Crippen molar-refractivity contribution in [2.75, 3.05) is 39.3 Å². The number of hydrogen-bond donors (Lipinski definition) is 4. The van der Waals surface area contributed by atoms with Gasteiger partial charge in [0.2, 0.25) is 18.2 Å². The molecule has 0 radical (unpaired) electrons. The highest BCUT2D eigenvalue weighted by molar-refractivity contribution is 5.77. The summed E-state index contributed by atoms with van der Waals surface area (Å²) in [6, 6.07) is 0. The van der Waals surface area contributed by atoms with Gasteiger partial charge in [-0.3, -0.25) is 14.4 Å². The molecule has 0 rings (SSSR count). The molecule has 0 saturated heterocycles. The number of carbonyl (C=O) groups excluding carboxylic acids is 3. The van der Waals surface area contributed by atoms with Crippen LogP contribution in [-0.4, -0.2) is 62.4 Å². The van der Waals surface area contributed by atoms with Crippen LogP contribution >= 0.6 is 0 Å². The average Bonchev–Trinajstić information content (AvgIpc) is 2.42. The van der Waals surface area contributed by atoms with Gasteiger partial charge in [-0.05, 0) is 0 Å². The Morgan fingerprint density at radius 3 is 1.68 bits per heavy atom. The Morgan fingerprint density at radius 2 is 1.37 bits per heavy atom. The number of carbonyl (C=O) groups is 3. The minimum absolute atomic E-state index is 0.162. The lowest BCUT2D eigenvalue weighted by atomic mass is 10.3. The Kier molecular flexibility index (Phi) is 10.4. The van der Waals surface area contributed by atoms with Crippen molar-refractivity contribution in [3.05, 3.63) is 0 Å². The molecule has 0 unspecified atom stereocenters. The molecule has 8 heteroatoms. The van der Waals surface area contributed by atoms with Crippen molar-refractivity contribution >= 4 is 18.2 Å². The van der Waals surface area contributed by atoms with Crippen LogP contribution in [0.2, 0.25) is 0 Å². The molecule has 0 bridgehead atoms. The van der Waals surface area contributed by atoms with E-state index in [2.05, 4.69) is 10.6 Å². The van der Waals surface area contributed by atoms with Crippen molar-refractivity contribution in [1.29, 1.82) is 0 Å². The lowest BCUT2D eigenvalue weighted by molar-refractivity contribution is -0.123. The third-order valence-corrected chi connectivity index (χ3v) is 2.33. The van der Waals surface area contributed by atoms with Gasteiger partial charge < -0.3 is 27.0 Å². The second-order valence-corrected chi connectivity index (χ2v) is 3.92. The summed E-state index contributed by atoms with van der Waals surface area (Å²) in [5.74, 6) is -0.324. The first kappa shape index (κ1) is 17.3. The van der Waals surface area contributed by atoms with Crippen LogP contribution in [-0.2, 0) is 14.4 Å². The first-order valence-corrected chi connectivity index (χ1v) is 6.27. The maximum Gasteiger partial charge on any atom is 0.221 e. The van der Waals surface area contributed by atoms with Crippen LogP contribution in [0.1, 0.15) is 12.8 Å². The van der Waals surface area contributed by atoms with E-state index in [1.54, 1.807) is 0 Å². The molecule has 0 saturated carbocycles. The van der Waals surface area contributed by atoms with Crippen LogP contribution < -0.4 is 22.1 Å². The number of rotatable bonds is 11. The van der Waals surface area contributed by atoms with Gasteiger partial charge in [0.25, 0.3) is 0 Å². The van der Waals surface area contributed by atoms with E-state index in [9.17, 15) is 14.4 Å². The Balaban J connectivity index is 3.79. The highest BCUT2D eigenvalue weighted by Crippen LogP contribution is 1.91. The zero-order valence-electron chi connectivity index (χ0n) is 11.1. The van der Waals surface area contributed by atoms with Gasteiger partial charge in [0.1, 0.15) is 0 Å². The van der Waals surface area contributed by atoms with Crippen LogP contribution in [0, 0.1) is 0 Å². The van der Waals surface area contributed by atoms with Gasteiger partial charge in [0.05, 0.1) is 0 Å². The second kappa shape index (κ2) is 11.4. The molecule has 0 spiro atoms. The molecular formula is C11H23N5O3. The maximum absolute atomic E-state index is 11.3. The lowest BCUT2D eigenvalue weighted by Crippen LogP contribution is -2.35. The van der Waals surface area contributed by atoms with Gasteiger partial charge in [-0.25, -0.2) is 0 Å².